The van der Waals surface area contributed by atoms with Gasteiger partial charge in [-0.25, -0.2) is 12.7 Å². The molecule has 8 nitrogen and oxygen atoms in total. The van der Waals surface area contributed by atoms with Gasteiger partial charge in [0, 0.05) is 6.07 Å². The Morgan fingerprint density at radius 1 is 1.13 bits per heavy atom. The zero-order valence-corrected chi connectivity index (χ0v) is 18.4. The molecule has 0 saturated carbocycles. The van der Waals surface area contributed by atoms with Crippen LogP contribution in [0.2, 0.25) is 5.02 Å². The number of nitrogens with one attached hydrogen (secondary N) is 1. The summed E-state index contributed by atoms with van der Waals surface area (Å²) in [6, 6.07) is 8.93. The Labute approximate surface area is 179 Å². The van der Waals surface area contributed by atoms with Gasteiger partial charge in [0.2, 0.25) is 15.9 Å². The minimum absolute atomic E-state index is 0.00625. The molecule has 0 aromatic heterocycles. The van der Waals surface area contributed by atoms with Crippen LogP contribution in [0, 0.1) is 5.41 Å². The average molecular weight is 453 g/mol. The lowest BCUT2D eigenvalue weighted by atomic mass is 9.95. The number of halogens is 1. The van der Waals surface area contributed by atoms with Crippen molar-refractivity contribution in [2.75, 3.05) is 29.6 Å². The largest absolute Gasteiger partial charge is 0.497 e. The monoisotopic (exact) mass is 452 g/mol. The highest BCUT2D eigenvalue weighted by Crippen LogP contribution is 2.37. The SMILES string of the molecule is COc1ccc(OC)c(NC(=O)c2cc(N3C(=O)C(C)(C)CS3(=O)=O)ccc2Cl)c1. The van der Waals surface area contributed by atoms with Crippen molar-refractivity contribution >= 4 is 44.8 Å². The number of hydrogen-bond donors (Lipinski definition) is 1. The lowest BCUT2D eigenvalue weighted by Crippen LogP contribution is -2.33. The Bertz CT molecular complexity index is 1130. The van der Waals surface area contributed by atoms with Crippen LogP contribution in [0.25, 0.3) is 0 Å². The van der Waals surface area contributed by atoms with Crippen LogP contribution in [0.4, 0.5) is 11.4 Å². The second kappa shape index (κ2) is 7.81. The van der Waals surface area contributed by atoms with E-state index in [0.717, 1.165) is 4.31 Å². The van der Waals surface area contributed by atoms with E-state index in [9.17, 15) is 18.0 Å². The average Bonchev–Trinajstić information content (AvgIpc) is 2.84. The lowest BCUT2D eigenvalue weighted by molar-refractivity contribution is -0.123. The second-order valence-corrected chi connectivity index (χ2v) is 9.62. The van der Waals surface area contributed by atoms with E-state index in [2.05, 4.69) is 5.32 Å². The molecular weight excluding hydrogens is 432 g/mol. The summed E-state index contributed by atoms with van der Waals surface area (Å²) in [6.45, 7) is 3.12. The smallest absolute Gasteiger partial charge is 0.257 e. The molecule has 1 heterocycles. The minimum Gasteiger partial charge on any atom is -0.497 e. The fourth-order valence-electron chi connectivity index (χ4n) is 3.18. The molecule has 0 aliphatic carbocycles. The normalized spacial score (nSPS) is 17.0. The van der Waals surface area contributed by atoms with Gasteiger partial charge in [-0.1, -0.05) is 11.6 Å². The first-order valence-electron chi connectivity index (χ1n) is 8.90. The summed E-state index contributed by atoms with van der Waals surface area (Å²) in [5, 5.41) is 2.78. The Kier molecular flexibility index (Phi) is 5.70. The fraction of sp³-hybridized carbons (Fsp3) is 0.300. The third-order valence-electron chi connectivity index (χ3n) is 4.67. The predicted octanol–water partition coefficient (Wildman–Crippen LogP) is 3.31. The molecule has 160 valence electrons. The topological polar surface area (TPSA) is 102 Å². The number of nitrogens with zero attached hydrogens (tertiary/aromatic N) is 1. The van der Waals surface area contributed by atoms with Crippen LogP contribution in [-0.4, -0.2) is 40.2 Å². The van der Waals surface area contributed by atoms with Crippen LogP contribution in [-0.2, 0) is 14.8 Å². The van der Waals surface area contributed by atoms with E-state index in [1.54, 1.807) is 32.0 Å². The van der Waals surface area contributed by atoms with Crippen LogP contribution < -0.4 is 19.1 Å². The van der Waals surface area contributed by atoms with Gasteiger partial charge in [0.1, 0.15) is 11.5 Å². The molecule has 1 fully saturated rings. The van der Waals surface area contributed by atoms with Crippen molar-refractivity contribution in [3.63, 3.8) is 0 Å². The van der Waals surface area contributed by atoms with Gasteiger partial charge < -0.3 is 14.8 Å². The van der Waals surface area contributed by atoms with Gasteiger partial charge in [0.05, 0.1) is 47.3 Å². The minimum atomic E-state index is -3.86. The van der Waals surface area contributed by atoms with Crippen molar-refractivity contribution < 1.29 is 27.5 Å². The van der Waals surface area contributed by atoms with Crippen molar-refractivity contribution in [1.29, 1.82) is 0 Å². The number of ether oxygens (including phenoxy) is 2. The van der Waals surface area contributed by atoms with Crippen molar-refractivity contribution in [2.45, 2.75) is 13.8 Å². The van der Waals surface area contributed by atoms with Gasteiger partial charge in [0.15, 0.2) is 0 Å². The number of benzene rings is 2. The molecule has 1 saturated heterocycles. The van der Waals surface area contributed by atoms with E-state index in [0.29, 0.717) is 17.2 Å². The number of sulfonamides is 1. The van der Waals surface area contributed by atoms with Crippen LogP contribution in [0.15, 0.2) is 36.4 Å². The Hall–Kier alpha value is -2.78. The first-order chi connectivity index (χ1) is 14.0. The molecule has 0 radical (unpaired) electrons. The second-order valence-electron chi connectivity index (χ2n) is 7.39. The Morgan fingerprint density at radius 2 is 1.83 bits per heavy atom. The van der Waals surface area contributed by atoms with Gasteiger partial charge >= 0.3 is 0 Å². The fourth-order valence-corrected chi connectivity index (χ4v) is 5.48. The predicted molar refractivity (Wildman–Crippen MR) is 114 cm³/mol. The maximum atomic E-state index is 12.9. The highest BCUT2D eigenvalue weighted by molar-refractivity contribution is 7.94. The van der Waals surface area contributed by atoms with Gasteiger partial charge in [0.25, 0.3) is 5.91 Å². The van der Waals surface area contributed by atoms with Gasteiger partial charge in [-0.15, -0.1) is 0 Å². The lowest BCUT2D eigenvalue weighted by Gasteiger charge is -2.19. The van der Waals surface area contributed by atoms with Gasteiger partial charge in [-0.05, 0) is 44.2 Å². The highest BCUT2D eigenvalue weighted by atomic mass is 35.5. The molecule has 0 unspecified atom stereocenters. The van der Waals surface area contributed by atoms with Crippen LogP contribution in [0.3, 0.4) is 0 Å². The first-order valence-corrected chi connectivity index (χ1v) is 10.9. The molecule has 2 aromatic carbocycles. The quantitative estimate of drug-likeness (QED) is 0.746. The molecule has 10 heteroatoms. The zero-order chi connectivity index (χ0) is 22.3. The molecule has 0 spiro atoms. The molecule has 1 aliphatic heterocycles. The van der Waals surface area contributed by atoms with Crippen LogP contribution in [0.5, 0.6) is 11.5 Å². The molecule has 3 rings (SSSR count). The molecule has 2 amide bonds. The van der Waals surface area contributed by atoms with E-state index in [1.165, 1.54) is 32.4 Å². The Morgan fingerprint density at radius 3 is 2.40 bits per heavy atom. The first kappa shape index (κ1) is 21.9. The molecule has 0 atom stereocenters. The number of amides is 2. The van der Waals surface area contributed by atoms with E-state index >= 15 is 0 Å². The molecule has 30 heavy (non-hydrogen) atoms. The highest BCUT2D eigenvalue weighted by Gasteiger charge is 2.50. The molecule has 2 aromatic rings. The number of rotatable bonds is 5. The molecule has 1 N–H and O–H groups in total. The zero-order valence-electron chi connectivity index (χ0n) is 16.9. The molecular formula is C20H21ClN2O6S. The van der Waals surface area contributed by atoms with Gasteiger partial charge in [-0.3, -0.25) is 9.59 Å². The van der Waals surface area contributed by atoms with Crippen molar-refractivity contribution in [2.24, 2.45) is 5.41 Å². The summed E-state index contributed by atoms with van der Waals surface area (Å²) < 4.78 is 36.2. The van der Waals surface area contributed by atoms with Gasteiger partial charge in [-0.2, -0.15) is 0 Å². The Balaban J connectivity index is 1.99. The third-order valence-corrected chi connectivity index (χ3v) is 7.02. The number of anilines is 2. The number of carbonyl (C=O) groups excluding carboxylic acids is 2. The van der Waals surface area contributed by atoms with E-state index in [4.69, 9.17) is 21.1 Å². The van der Waals surface area contributed by atoms with Crippen molar-refractivity contribution in [3.8, 4) is 11.5 Å². The number of carbonyl (C=O) groups is 2. The summed E-state index contributed by atoms with van der Waals surface area (Å²) >= 11 is 6.19. The van der Waals surface area contributed by atoms with Crippen molar-refractivity contribution in [1.82, 2.24) is 0 Å². The van der Waals surface area contributed by atoms with Crippen molar-refractivity contribution in [3.05, 3.63) is 47.0 Å². The molecule has 1 aliphatic rings. The maximum Gasteiger partial charge on any atom is 0.257 e. The summed E-state index contributed by atoms with van der Waals surface area (Å²) in [5.74, 6) is -0.580. The molecule has 0 bridgehead atoms. The number of hydrogen-bond acceptors (Lipinski definition) is 6. The number of methoxy groups -OCH3 is 2. The summed E-state index contributed by atoms with van der Waals surface area (Å²) in [7, 11) is -0.915. The maximum absolute atomic E-state index is 12.9. The standard InChI is InChI=1S/C20H21ClN2O6S/c1-20(2)11-30(26,27)23(19(20)25)12-5-7-15(21)14(9-12)18(24)22-16-10-13(28-3)6-8-17(16)29-4/h5-10H,11H2,1-4H3,(H,22,24). The summed E-state index contributed by atoms with van der Waals surface area (Å²) in [4.78, 5) is 25.5. The van der Waals surface area contributed by atoms with Crippen LogP contribution in [0.1, 0.15) is 24.2 Å². The van der Waals surface area contributed by atoms with E-state index in [-0.39, 0.29) is 22.0 Å². The van der Waals surface area contributed by atoms with Crippen LogP contribution >= 0.6 is 11.6 Å². The van der Waals surface area contributed by atoms with E-state index in [1.807, 2.05) is 0 Å². The summed E-state index contributed by atoms with van der Waals surface area (Å²) in [6.07, 6.45) is 0. The summed E-state index contributed by atoms with van der Waals surface area (Å²) in [5.41, 5.74) is -0.659. The van der Waals surface area contributed by atoms with E-state index < -0.39 is 27.3 Å². The third kappa shape index (κ3) is 3.95.